The van der Waals surface area contributed by atoms with Crippen LogP contribution in [0.5, 0.6) is 0 Å². The molecule has 0 amide bonds. The number of anilines is 3. The van der Waals surface area contributed by atoms with Crippen LogP contribution in [0.4, 0.5) is 17.1 Å². The Hall–Kier alpha value is -6.48. The average Bonchev–Trinajstić information content (AvgIpc) is 3.62. The molecule has 52 heavy (non-hydrogen) atoms. The maximum absolute atomic E-state index is 2.37. The molecule has 0 aliphatic heterocycles. The van der Waals surface area contributed by atoms with Crippen molar-refractivity contribution in [3.05, 3.63) is 200 Å². The van der Waals surface area contributed by atoms with Crippen LogP contribution in [0.25, 0.3) is 75.1 Å². The molecule has 0 saturated carbocycles. The molecule has 1 nitrogen and oxygen atoms in total. The summed E-state index contributed by atoms with van der Waals surface area (Å²) in [6.07, 6.45) is 0. The normalized spacial score (nSPS) is 11.5. The van der Waals surface area contributed by atoms with E-state index < -0.39 is 0 Å². The summed E-state index contributed by atoms with van der Waals surface area (Å²) in [7, 11) is 0. The third-order valence-electron chi connectivity index (χ3n) is 10.2. The van der Waals surface area contributed by atoms with Crippen molar-refractivity contribution in [1.82, 2.24) is 0 Å². The zero-order valence-electron chi connectivity index (χ0n) is 28.4. The van der Waals surface area contributed by atoms with Crippen LogP contribution >= 0.6 is 11.3 Å². The molecule has 0 aliphatic carbocycles. The van der Waals surface area contributed by atoms with Gasteiger partial charge < -0.3 is 4.90 Å². The second kappa shape index (κ2) is 12.7. The monoisotopic (exact) mass is 679 g/mol. The Morgan fingerprint density at radius 2 is 0.923 bits per heavy atom. The summed E-state index contributed by atoms with van der Waals surface area (Å²) >= 11 is 1.89. The van der Waals surface area contributed by atoms with Gasteiger partial charge in [0.05, 0.1) is 0 Å². The molecule has 244 valence electrons. The van der Waals surface area contributed by atoms with Crippen molar-refractivity contribution in [2.75, 3.05) is 4.90 Å². The fraction of sp³-hybridized carbons (Fsp3) is 0. The molecule has 2 heteroatoms. The third-order valence-corrected chi connectivity index (χ3v) is 11.4. The molecule has 0 spiro atoms. The van der Waals surface area contributed by atoms with Crippen molar-refractivity contribution < 1.29 is 0 Å². The number of rotatable bonds is 6. The van der Waals surface area contributed by atoms with Gasteiger partial charge in [0, 0.05) is 37.2 Å². The molecule has 0 radical (unpaired) electrons. The van der Waals surface area contributed by atoms with E-state index in [1.54, 1.807) is 0 Å². The van der Waals surface area contributed by atoms with E-state index in [9.17, 15) is 0 Å². The lowest BCUT2D eigenvalue weighted by Gasteiger charge is -2.26. The number of nitrogens with zero attached hydrogens (tertiary/aromatic N) is 1. The van der Waals surface area contributed by atoms with Gasteiger partial charge in [0.25, 0.3) is 0 Å². The average molecular weight is 680 g/mol. The molecule has 0 atom stereocenters. The largest absolute Gasteiger partial charge is 0.310 e. The number of hydrogen-bond donors (Lipinski definition) is 0. The van der Waals surface area contributed by atoms with Crippen LogP contribution < -0.4 is 4.90 Å². The van der Waals surface area contributed by atoms with Crippen molar-refractivity contribution in [1.29, 1.82) is 0 Å². The molecular weight excluding hydrogens is 647 g/mol. The zero-order valence-corrected chi connectivity index (χ0v) is 29.2. The van der Waals surface area contributed by atoms with Crippen molar-refractivity contribution >= 4 is 70.1 Å². The topological polar surface area (TPSA) is 3.24 Å². The number of thiophene rings is 1. The lowest BCUT2D eigenvalue weighted by atomic mass is 9.97. The summed E-state index contributed by atoms with van der Waals surface area (Å²) in [4.78, 5) is 2.37. The van der Waals surface area contributed by atoms with Crippen molar-refractivity contribution in [2.24, 2.45) is 0 Å². The van der Waals surface area contributed by atoms with Gasteiger partial charge in [0.15, 0.2) is 0 Å². The Morgan fingerprint density at radius 1 is 0.327 bits per heavy atom. The molecule has 0 unspecified atom stereocenters. The predicted octanol–water partition coefficient (Wildman–Crippen LogP) is 14.8. The van der Waals surface area contributed by atoms with Gasteiger partial charge >= 0.3 is 0 Å². The highest BCUT2D eigenvalue weighted by atomic mass is 32.1. The van der Waals surface area contributed by atoms with Crippen molar-refractivity contribution in [3.8, 4) is 33.4 Å². The Morgan fingerprint density at radius 3 is 1.73 bits per heavy atom. The molecule has 0 N–H and O–H groups in total. The van der Waals surface area contributed by atoms with Crippen LogP contribution in [0.1, 0.15) is 0 Å². The second-order valence-electron chi connectivity index (χ2n) is 13.4. The first-order chi connectivity index (χ1) is 25.8. The van der Waals surface area contributed by atoms with Gasteiger partial charge in [-0.25, -0.2) is 0 Å². The van der Waals surface area contributed by atoms with Gasteiger partial charge in [-0.3, -0.25) is 0 Å². The van der Waals surface area contributed by atoms with Crippen LogP contribution in [0.3, 0.4) is 0 Å². The fourth-order valence-electron chi connectivity index (χ4n) is 7.66. The third kappa shape index (κ3) is 5.33. The summed E-state index contributed by atoms with van der Waals surface area (Å²) in [6, 6.07) is 72.8. The molecule has 1 heterocycles. The number of fused-ring (bicyclic) bond motifs is 6. The number of benzene rings is 9. The van der Waals surface area contributed by atoms with Gasteiger partial charge in [-0.1, -0.05) is 152 Å². The Kier molecular flexibility index (Phi) is 7.41. The minimum Gasteiger partial charge on any atom is -0.310 e. The minimum absolute atomic E-state index is 1.11. The Bertz CT molecular complexity index is 2890. The van der Waals surface area contributed by atoms with Crippen LogP contribution in [-0.4, -0.2) is 0 Å². The maximum Gasteiger partial charge on any atom is 0.0467 e. The smallest absolute Gasteiger partial charge is 0.0467 e. The molecule has 10 rings (SSSR count). The lowest BCUT2D eigenvalue weighted by molar-refractivity contribution is 1.28. The van der Waals surface area contributed by atoms with Gasteiger partial charge in [0.1, 0.15) is 0 Å². The molecule has 0 bridgehead atoms. The summed E-state index contributed by atoms with van der Waals surface area (Å²) in [5.74, 6) is 0. The predicted molar refractivity (Wildman–Crippen MR) is 225 cm³/mol. The molecule has 10 aromatic rings. The molecule has 0 fully saturated rings. The molecule has 0 saturated heterocycles. The van der Waals surface area contributed by atoms with Crippen LogP contribution in [0.2, 0.25) is 0 Å². The van der Waals surface area contributed by atoms with E-state index in [-0.39, 0.29) is 0 Å². The van der Waals surface area contributed by atoms with E-state index in [1.807, 2.05) is 11.3 Å². The summed E-state index contributed by atoms with van der Waals surface area (Å²) < 4.78 is 2.67. The van der Waals surface area contributed by atoms with Crippen LogP contribution in [0, 0.1) is 0 Å². The van der Waals surface area contributed by atoms with E-state index in [1.165, 1.54) is 75.1 Å². The highest BCUT2D eigenvalue weighted by Crippen LogP contribution is 2.44. The lowest BCUT2D eigenvalue weighted by Crippen LogP contribution is -2.10. The first-order valence-corrected chi connectivity index (χ1v) is 18.6. The Balaban J connectivity index is 1.08. The van der Waals surface area contributed by atoms with E-state index in [0.717, 1.165) is 17.1 Å². The summed E-state index contributed by atoms with van der Waals surface area (Å²) in [5.41, 5.74) is 10.6. The maximum atomic E-state index is 2.37. The summed E-state index contributed by atoms with van der Waals surface area (Å²) in [5, 5.41) is 7.76. The second-order valence-corrected chi connectivity index (χ2v) is 14.4. The number of hydrogen-bond acceptors (Lipinski definition) is 2. The SMILES string of the molecule is c1ccc(-c2ccc(N(c3ccc(-c4cccc5sc6c7ccccc7ccc6c45)cc3)c3cccc(-c4ccc5ccccc5c4)c3)cc2)cc1. The van der Waals surface area contributed by atoms with Gasteiger partial charge in [-0.15, -0.1) is 11.3 Å². The Labute approximate surface area is 307 Å². The minimum atomic E-state index is 1.11. The van der Waals surface area contributed by atoms with Crippen LogP contribution in [-0.2, 0) is 0 Å². The first kappa shape index (κ1) is 30.4. The van der Waals surface area contributed by atoms with Crippen molar-refractivity contribution in [2.45, 2.75) is 0 Å². The van der Waals surface area contributed by atoms with E-state index >= 15 is 0 Å². The molecule has 0 aliphatic rings. The molecule has 9 aromatic carbocycles. The quantitative estimate of drug-likeness (QED) is 0.169. The van der Waals surface area contributed by atoms with Crippen molar-refractivity contribution in [3.63, 3.8) is 0 Å². The van der Waals surface area contributed by atoms with E-state index in [2.05, 4.69) is 205 Å². The van der Waals surface area contributed by atoms with Gasteiger partial charge in [-0.2, -0.15) is 0 Å². The fourth-order valence-corrected chi connectivity index (χ4v) is 8.92. The zero-order chi connectivity index (χ0) is 34.4. The highest BCUT2D eigenvalue weighted by Gasteiger charge is 2.17. The molecular formula is C50H33NS. The first-order valence-electron chi connectivity index (χ1n) is 17.8. The van der Waals surface area contributed by atoms with Gasteiger partial charge in [0.2, 0.25) is 0 Å². The molecule has 1 aromatic heterocycles. The van der Waals surface area contributed by atoms with E-state index in [4.69, 9.17) is 0 Å². The standard InChI is InChI=1S/C50H33NS/c1-2-10-34(11-3-1)36-22-27-42(28-23-36)51(44-16-8-15-40(33-44)41-21-20-35-12-4-5-14-39(35)32-41)43-29-24-38(25-30-43)45-18-9-19-48-49(45)47-31-26-37-13-6-7-17-46(37)50(47)52-48/h1-33H. The van der Waals surface area contributed by atoms with Gasteiger partial charge in [-0.05, 0) is 103 Å². The highest BCUT2D eigenvalue weighted by molar-refractivity contribution is 7.26. The van der Waals surface area contributed by atoms with Crippen LogP contribution in [0.15, 0.2) is 200 Å². The van der Waals surface area contributed by atoms with E-state index in [0.29, 0.717) is 0 Å². The summed E-state index contributed by atoms with van der Waals surface area (Å²) in [6.45, 7) is 0.